The molecule has 0 fully saturated rings. The topological polar surface area (TPSA) is 101 Å². The molecule has 0 aliphatic rings. The van der Waals surface area contributed by atoms with E-state index in [1.54, 1.807) is 23.3 Å². The number of rotatable bonds is 5. The highest BCUT2D eigenvalue weighted by Crippen LogP contribution is 2.25. The van der Waals surface area contributed by atoms with Crippen molar-refractivity contribution in [2.24, 2.45) is 0 Å². The van der Waals surface area contributed by atoms with Crippen molar-refractivity contribution in [2.75, 3.05) is 5.32 Å². The quantitative estimate of drug-likeness (QED) is 0.441. The van der Waals surface area contributed by atoms with E-state index in [-0.39, 0.29) is 5.91 Å². The molecule has 1 amide bonds. The fraction of sp³-hybridized carbons (Fsp3) is 0.0417. The fourth-order valence-electron chi connectivity index (χ4n) is 3.38. The summed E-state index contributed by atoms with van der Waals surface area (Å²) in [6, 6.07) is 20.8. The van der Waals surface area contributed by atoms with E-state index < -0.39 is 0 Å². The van der Waals surface area contributed by atoms with E-state index in [0.717, 1.165) is 22.6 Å². The van der Waals surface area contributed by atoms with E-state index in [1.165, 1.54) is 0 Å². The summed E-state index contributed by atoms with van der Waals surface area (Å²) >= 11 is 0. The molecule has 8 heteroatoms. The van der Waals surface area contributed by atoms with Crippen molar-refractivity contribution in [1.29, 1.82) is 0 Å². The average molecular weight is 421 g/mol. The zero-order valence-corrected chi connectivity index (χ0v) is 17.2. The van der Waals surface area contributed by atoms with Crippen molar-refractivity contribution in [3.05, 3.63) is 96.7 Å². The molecular formula is C24H19N7O. The van der Waals surface area contributed by atoms with Gasteiger partial charge in [0, 0.05) is 35.4 Å². The van der Waals surface area contributed by atoms with Gasteiger partial charge in [-0.3, -0.25) is 14.9 Å². The van der Waals surface area contributed by atoms with Gasteiger partial charge in [-0.25, -0.2) is 9.67 Å². The van der Waals surface area contributed by atoms with Crippen molar-refractivity contribution in [2.45, 2.75) is 6.92 Å². The van der Waals surface area contributed by atoms with Crippen molar-refractivity contribution >= 4 is 11.6 Å². The van der Waals surface area contributed by atoms with Gasteiger partial charge in [-0.05, 0) is 43.3 Å². The number of anilines is 1. The second-order valence-electron chi connectivity index (χ2n) is 7.19. The Kier molecular flexibility index (Phi) is 5.01. The van der Waals surface area contributed by atoms with Crippen LogP contribution in [0, 0.1) is 6.92 Å². The van der Waals surface area contributed by atoms with Crippen molar-refractivity contribution in [1.82, 2.24) is 29.9 Å². The van der Waals surface area contributed by atoms with Crippen LogP contribution >= 0.6 is 0 Å². The summed E-state index contributed by atoms with van der Waals surface area (Å²) in [7, 11) is 0. The van der Waals surface area contributed by atoms with Crippen molar-refractivity contribution in [3.8, 4) is 28.3 Å². The molecular weight excluding hydrogens is 402 g/mol. The number of carbonyl (C=O) groups excluding carboxylic acids is 1. The van der Waals surface area contributed by atoms with Crippen LogP contribution in [0.25, 0.3) is 28.3 Å². The number of benzene rings is 2. The lowest BCUT2D eigenvalue weighted by molar-refractivity contribution is 0.102. The van der Waals surface area contributed by atoms with E-state index in [0.29, 0.717) is 22.8 Å². The molecule has 0 saturated heterocycles. The lowest BCUT2D eigenvalue weighted by Gasteiger charge is -2.06. The Hall–Kier alpha value is -4.59. The highest BCUT2D eigenvalue weighted by molar-refractivity contribution is 6.08. The molecule has 2 N–H and O–H groups in total. The Morgan fingerprint density at radius 1 is 1.00 bits per heavy atom. The van der Waals surface area contributed by atoms with Gasteiger partial charge in [0.15, 0.2) is 5.82 Å². The molecule has 2 aromatic carbocycles. The molecule has 0 atom stereocenters. The highest BCUT2D eigenvalue weighted by Gasteiger charge is 2.19. The van der Waals surface area contributed by atoms with Gasteiger partial charge in [0.05, 0.1) is 11.3 Å². The lowest BCUT2D eigenvalue weighted by Crippen LogP contribution is -2.12. The molecule has 0 bridgehead atoms. The Morgan fingerprint density at radius 3 is 2.59 bits per heavy atom. The van der Waals surface area contributed by atoms with Crippen LogP contribution in [0.15, 0.2) is 85.3 Å². The Bertz CT molecular complexity index is 1370. The van der Waals surface area contributed by atoms with Crippen LogP contribution in [0.5, 0.6) is 0 Å². The normalized spacial score (nSPS) is 10.8. The van der Waals surface area contributed by atoms with Crippen LogP contribution in [0.1, 0.15) is 16.2 Å². The first-order valence-corrected chi connectivity index (χ1v) is 10.0. The van der Waals surface area contributed by atoms with Crippen molar-refractivity contribution in [3.63, 3.8) is 0 Å². The van der Waals surface area contributed by atoms with Gasteiger partial charge in [-0.1, -0.05) is 30.3 Å². The molecule has 0 radical (unpaired) electrons. The number of aryl methyl sites for hydroxylation is 1. The van der Waals surface area contributed by atoms with Crippen LogP contribution in [0.3, 0.4) is 0 Å². The summed E-state index contributed by atoms with van der Waals surface area (Å²) in [6.45, 7) is 1.84. The molecule has 0 unspecified atom stereocenters. The highest BCUT2D eigenvalue weighted by atomic mass is 16.1. The molecule has 0 aliphatic carbocycles. The fourth-order valence-corrected chi connectivity index (χ4v) is 3.38. The van der Waals surface area contributed by atoms with E-state index in [2.05, 4.69) is 30.6 Å². The summed E-state index contributed by atoms with van der Waals surface area (Å²) in [6.07, 6.45) is 5.11. The molecule has 0 aliphatic heterocycles. The van der Waals surface area contributed by atoms with Gasteiger partial charge in [0.25, 0.3) is 5.91 Å². The minimum atomic E-state index is -0.269. The standard InChI is InChI=1S/C24H19N7O/c1-16-26-23(29-28-16)17-7-5-9-19(13-17)27-24(32)21-15-31(20-10-3-2-4-11-20)30-22(21)18-8-6-12-25-14-18/h2-15H,1H3,(H,27,32)(H,26,28,29). The third kappa shape index (κ3) is 3.89. The molecule has 8 nitrogen and oxygen atoms in total. The minimum Gasteiger partial charge on any atom is -0.322 e. The number of hydrogen-bond acceptors (Lipinski definition) is 5. The number of nitrogens with zero attached hydrogens (tertiary/aromatic N) is 5. The van der Waals surface area contributed by atoms with E-state index in [4.69, 9.17) is 0 Å². The van der Waals surface area contributed by atoms with E-state index >= 15 is 0 Å². The Labute approximate surface area is 184 Å². The van der Waals surface area contributed by atoms with Crippen LogP contribution in [0.4, 0.5) is 5.69 Å². The van der Waals surface area contributed by atoms with Crippen LogP contribution in [0.2, 0.25) is 0 Å². The number of aromatic amines is 1. The van der Waals surface area contributed by atoms with Gasteiger partial charge in [-0.2, -0.15) is 10.2 Å². The zero-order valence-electron chi connectivity index (χ0n) is 17.2. The van der Waals surface area contributed by atoms with Gasteiger partial charge < -0.3 is 5.32 Å². The Morgan fingerprint density at radius 2 is 1.84 bits per heavy atom. The van der Waals surface area contributed by atoms with E-state index in [1.807, 2.05) is 73.7 Å². The van der Waals surface area contributed by atoms with Crippen LogP contribution in [-0.4, -0.2) is 35.9 Å². The molecule has 5 rings (SSSR count). The maximum absolute atomic E-state index is 13.3. The third-order valence-electron chi connectivity index (χ3n) is 4.89. The average Bonchev–Trinajstić information content (AvgIpc) is 3.47. The minimum absolute atomic E-state index is 0.269. The van der Waals surface area contributed by atoms with E-state index in [9.17, 15) is 4.79 Å². The van der Waals surface area contributed by atoms with Gasteiger partial charge >= 0.3 is 0 Å². The first-order chi connectivity index (χ1) is 15.7. The van der Waals surface area contributed by atoms with Crippen LogP contribution in [-0.2, 0) is 0 Å². The molecule has 32 heavy (non-hydrogen) atoms. The van der Waals surface area contributed by atoms with Crippen LogP contribution < -0.4 is 5.32 Å². The smallest absolute Gasteiger partial charge is 0.259 e. The third-order valence-corrected chi connectivity index (χ3v) is 4.89. The first kappa shape index (κ1) is 19.4. The number of nitrogens with one attached hydrogen (secondary N) is 2. The molecule has 3 aromatic heterocycles. The SMILES string of the molecule is Cc1nc(-c2cccc(NC(=O)c3cn(-c4ccccc4)nc3-c3cccnc3)c2)n[nH]1. The number of para-hydroxylation sites is 1. The first-order valence-electron chi connectivity index (χ1n) is 10.0. The number of pyridine rings is 1. The molecule has 0 spiro atoms. The predicted octanol–water partition coefficient (Wildman–Crippen LogP) is 4.28. The van der Waals surface area contributed by atoms with Crippen molar-refractivity contribution < 1.29 is 4.79 Å². The number of H-pyrrole nitrogens is 1. The summed E-state index contributed by atoms with van der Waals surface area (Å²) in [5.74, 6) is 1.03. The van der Waals surface area contributed by atoms with Gasteiger partial charge in [-0.15, -0.1) is 0 Å². The molecule has 3 heterocycles. The predicted molar refractivity (Wildman–Crippen MR) is 121 cm³/mol. The van der Waals surface area contributed by atoms with Gasteiger partial charge in [0.1, 0.15) is 11.5 Å². The summed E-state index contributed by atoms with van der Waals surface area (Å²) in [5.41, 5.74) is 4.07. The van der Waals surface area contributed by atoms with Gasteiger partial charge in [0.2, 0.25) is 0 Å². The maximum atomic E-state index is 13.3. The molecule has 0 saturated carbocycles. The largest absolute Gasteiger partial charge is 0.322 e. The lowest BCUT2D eigenvalue weighted by atomic mass is 10.1. The zero-order chi connectivity index (χ0) is 21.9. The summed E-state index contributed by atoms with van der Waals surface area (Å²) in [5, 5.41) is 14.7. The number of carbonyl (C=O) groups is 1. The Balaban J connectivity index is 1.50. The summed E-state index contributed by atoms with van der Waals surface area (Å²) in [4.78, 5) is 21.8. The molecule has 5 aromatic rings. The monoisotopic (exact) mass is 421 g/mol. The second-order valence-corrected chi connectivity index (χ2v) is 7.19. The number of hydrogen-bond donors (Lipinski definition) is 2. The number of amides is 1. The number of aromatic nitrogens is 6. The molecule has 156 valence electrons. The second kappa shape index (κ2) is 8.27. The maximum Gasteiger partial charge on any atom is 0.259 e. The summed E-state index contributed by atoms with van der Waals surface area (Å²) < 4.78 is 1.70.